The van der Waals surface area contributed by atoms with Crippen molar-refractivity contribution in [2.24, 2.45) is 5.16 Å². The Morgan fingerprint density at radius 2 is 2.00 bits per heavy atom. The van der Waals surface area contributed by atoms with Gasteiger partial charge in [-0.15, -0.1) is 0 Å². The molecular weight excluding hydrogens is 332 g/mol. The summed E-state index contributed by atoms with van der Waals surface area (Å²) in [5, 5.41) is 7.18. The molecule has 26 heavy (non-hydrogen) atoms. The molecule has 0 heterocycles. The number of carbonyl (C=O) groups excluding carboxylic acids is 2. The molecule has 0 saturated carbocycles. The van der Waals surface area contributed by atoms with Crippen LogP contribution in [0.15, 0.2) is 11.2 Å². The summed E-state index contributed by atoms with van der Waals surface area (Å²) in [6, 6.07) is 1.91. The number of benzene rings is 1. The molecule has 6 nitrogen and oxygen atoms in total. The normalized spacial score (nSPS) is 14.5. The molecule has 0 fully saturated rings. The van der Waals surface area contributed by atoms with Crippen LogP contribution in [0.4, 0.5) is 5.69 Å². The summed E-state index contributed by atoms with van der Waals surface area (Å²) in [4.78, 5) is 28.5. The van der Waals surface area contributed by atoms with Crippen LogP contribution >= 0.6 is 0 Å². The van der Waals surface area contributed by atoms with Crippen LogP contribution < -0.4 is 10.1 Å². The molecule has 2 rings (SSSR count). The molecule has 1 aromatic rings. The lowest BCUT2D eigenvalue weighted by Gasteiger charge is -2.17. The third-order valence-electron chi connectivity index (χ3n) is 4.40. The number of Topliss-reactive ketones (excluding diaryl/α,β-unsaturated/α-hetero) is 1. The molecule has 1 aliphatic rings. The van der Waals surface area contributed by atoms with E-state index in [9.17, 15) is 9.59 Å². The average Bonchev–Trinajstić information content (AvgIpc) is 2.94. The molecule has 0 spiro atoms. The number of anilines is 1. The van der Waals surface area contributed by atoms with Gasteiger partial charge in [0.25, 0.3) is 0 Å². The molecule has 0 aliphatic heterocycles. The average molecular weight is 360 g/mol. The quantitative estimate of drug-likeness (QED) is 0.408. The third kappa shape index (κ3) is 4.62. The molecule has 0 bridgehead atoms. The highest BCUT2D eigenvalue weighted by Crippen LogP contribution is 2.37. The Morgan fingerprint density at radius 3 is 2.65 bits per heavy atom. The van der Waals surface area contributed by atoms with Crippen LogP contribution in [0.5, 0.6) is 5.75 Å². The monoisotopic (exact) mass is 360 g/mol. The molecule has 1 N–H and O–H groups in total. The summed E-state index contributed by atoms with van der Waals surface area (Å²) < 4.78 is 5.91. The fourth-order valence-corrected chi connectivity index (χ4v) is 2.89. The number of rotatable bonds is 9. The van der Waals surface area contributed by atoms with Crippen LogP contribution in [0, 0.1) is 6.92 Å². The van der Waals surface area contributed by atoms with Crippen molar-refractivity contribution in [1.82, 2.24) is 0 Å². The van der Waals surface area contributed by atoms with E-state index in [0.717, 1.165) is 49.0 Å². The zero-order valence-electron chi connectivity index (χ0n) is 16.1. The molecule has 0 saturated heterocycles. The maximum Gasteiger partial charge on any atom is 0.331 e. The lowest BCUT2D eigenvalue weighted by Crippen LogP contribution is -2.11. The van der Waals surface area contributed by atoms with E-state index in [1.807, 2.05) is 13.0 Å². The lowest BCUT2D eigenvalue weighted by molar-refractivity contribution is -0.140. The molecule has 0 amide bonds. The van der Waals surface area contributed by atoms with Crippen LogP contribution in [0.25, 0.3) is 0 Å². The SMILES string of the molecule is CCCCNc1cc(OCCCC)c2c(c1C)CC(=NOC(C)=O)C2=O. The summed E-state index contributed by atoms with van der Waals surface area (Å²) in [7, 11) is 0. The minimum Gasteiger partial charge on any atom is -0.493 e. The zero-order chi connectivity index (χ0) is 19.1. The van der Waals surface area contributed by atoms with E-state index in [-0.39, 0.29) is 11.5 Å². The van der Waals surface area contributed by atoms with Crippen molar-refractivity contribution in [2.75, 3.05) is 18.5 Å². The van der Waals surface area contributed by atoms with Gasteiger partial charge >= 0.3 is 5.97 Å². The van der Waals surface area contributed by atoms with E-state index in [2.05, 4.69) is 29.2 Å². The maximum absolute atomic E-state index is 12.8. The van der Waals surface area contributed by atoms with Gasteiger partial charge in [-0.1, -0.05) is 31.8 Å². The van der Waals surface area contributed by atoms with Crippen molar-refractivity contribution in [3.8, 4) is 5.75 Å². The predicted molar refractivity (Wildman–Crippen MR) is 102 cm³/mol. The summed E-state index contributed by atoms with van der Waals surface area (Å²) in [6.45, 7) is 8.92. The van der Waals surface area contributed by atoms with Crippen LogP contribution in [0.3, 0.4) is 0 Å². The van der Waals surface area contributed by atoms with Crippen molar-refractivity contribution < 1.29 is 19.2 Å². The van der Waals surface area contributed by atoms with Gasteiger partial charge in [-0.05, 0) is 30.9 Å². The highest BCUT2D eigenvalue weighted by Gasteiger charge is 2.33. The fraction of sp³-hybridized carbons (Fsp3) is 0.550. The number of nitrogens with one attached hydrogen (secondary N) is 1. The molecule has 1 aromatic carbocycles. The second kappa shape index (κ2) is 9.36. The van der Waals surface area contributed by atoms with E-state index < -0.39 is 5.97 Å². The first-order valence-corrected chi connectivity index (χ1v) is 9.31. The number of hydrogen-bond acceptors (Lipinski definition) is 6. The second-order valence-corrected chi connectivity index (χ2v) is 6.51. The minimum absolute atomic E-state index is 0.226. The van der Waals surface area contributed by atoms with Gasteiger partial charge < -0.3 is 14.9 Å². The van der Waals surface area contributed by atoms with Crippen molar-refractivity contribution in [3.63, 3.8) is 0 Å². The predicted octanol–water partition coefficient (Wildman–Crippen LogP) is 4.04. The van der Waals surface area contributed by atoms with Gasteiger partial charge in [0.2, 0.25) is 5.78 Å². The Bertz CT molecular complexity index is 710. The maximum atomic E-state index is 12.8. The van der Waals surface area contributed by atoms with E-state index in [1.54, 1.807) is 0 Å². The van der Waals surface area contributed by atoms with Crippen molar-refractivity contribution in [1.29, 1.82) is 0 Å². The Morgan fingerprint density at radius 1 is 1.27 bits per heavy atom. The molecule has 0 atom stereocenters. The molecule has 1 aliphatic carbocycles. The Hall–Kier alpha value is -2.37. The van der Waals surface area contributed by atoms with Crippen molar-refractivity contribution in [2.45, 2.75) is 59.8 Å². The van der Waals surface area contributed by atoms with Gasteiger partial charge in [0.05, 0.1) is 12.2 Å². The van der Waals surface area contributed by atoms with Crippen LogP contribution in [-0.4, -0.2) is 30.6 Å². The standard InChI is InChI=1S/C20H28N2O4/c1-5-7-9-21-16-12-18(25-10-8-6-2)19-15(13(16)3)11-17(20(19)24)22-26-14(4)23/h12,21H,5-11H2,1-4H3. The first-order chi connectivity index (χ1) is 12.5. The largest absolute Gasteiger partial charge is 0.493 e. The molecule has 0 aromatic heterocycles. The Balaban J connectivity index is 2.37. The molecule has 6 heteroatoms. The molecular formula is C20H28N2O4. The number of unbranched alkanes of at least 4 members (excludes halogenated alkanes) is 2. The summed E-state index contributed by atoms with van der Waals surface area (Å²) >= 11 is 0. The van der Waals surface area contributed by atoms with Crippen molar-refractivity contribution in [3.05, 3.63) is 22.8 Å². The van der Waals surface area contributed by atoms with E-state index >= 15 is 0 Å². The van der Waals surface area contributed by atoms with Gasteiger partial charge in [-0.2, -0.15) is 0 Å². The zero-order valence-corrected chi connectivity index (χ0v) is 16.1. The molecule has 0 unspecified atom stereocenters. The third-order valence-corrected chi connectivity index (χ3v) is 4.40. The highest BCUT2D eigenvalue weighted by atomic mass is 16.7. The topological polar surface area (TPSA) is 77.0 Å². The van der Waals surface area contributed by atoms with Crippen LogP contribution in [-0.2, 0) is 16.1 Å². The van der Waals surface area contributed by atoms with Gasteiger partial charge in [0.1, 0.15) is 11.5 Å². The van der Waals surface area contributed by atoms with E-state index in [0.29, 0.717) is 24.3 Å². The first-order valence-electron chi connectivity index (χ1n) is 9.31. The molecule has 142 valence electrons. The smallest absolute Gasteiger partial charge is 0.331 e. The van der Waals surface area contributed by atoms with E-state index in [4.69, 9.17) is 4.74 Å². The van der Waals surface area contributed by atoms with Gasteiger partial charge in [0.15, 0.2) is 0 Å². The first kappa shape index (κ1) is 19.9. The van der Waals surface area contributed by atoms with Gasteiger partial charge in [0, 0.05) is 31.6 Å². The summed E-state index contributed by atoms with van der Waals surface area (Å²) in [6.07, 6.45) is 4.46. The number of ether oxygens (including phenoxy) is 1. The van der Waals surface area contributed by atoms with E-state index in [1.165, 1.54) is 6.92 Å². The Labute approximate surface area is 154 Å². The number of nitrogens with zero attached hydrogens (tertiary/aromatic N) is 1. The number of carbonyl (C=O) groups is 2. The van der Waals surface area contributed by atoms with Gasteiger partial charge in [-0.3, -0.25) is 4.79 Å². The fourth-order valence-electron chi connectivity index (χ4n) is 2.89. The number of oxime groups is 1. The lowest BCUT2D eigenvalue weighted by atomic mass is 10.0. The van der Waals surface area contributed by atoms with Crippen molar-refractivity contribution >= 4 is 23.2 Å². The summed E-state index contributed by atoms with van der Waals surface area (Å²) in [5.74, 6) is -0.189. The summed E-state index contributed by atoms with van der Waals surface area (Å²) in [5.41, 5.74) is 3.68. The number of hydrogen-bond donors (Lipinski definition) is 1. The molecule has 0 radical (unpaired) electrons. The Kier molecular flexibility index (Phi) is 7.18. The second-order valence-electron chi connectivity index (χ2n) is 6.51. The van der Waals surface area contributed by atoms with Crippen LogP contribution in [0.2, 0.25) is 0 Å². The highest BCUT2D eigenvalue weighted by molar-refractivity contribution is 6.50. The minimum atomic E-state index is -0.542. The number of ketones is 1. The number of fused-ring (bicyclic) bond motifs is 1. The van der Waals surface area contributed by atoms with Gasteiger partial charge in [-0.25, -0.2) is 4.79 Å². The van der Waals surface area contributed by atoms with Crippen LogP contribution in [0.1, 0.15) is 67.9 Å².